The first kappa shape index (κ1) is 11.4. The summed E-state index contributed by atoms with van der Waals surface area (Å²) in [4.78, 5) is 0.241. The molecule has 0 amide bonds. The fourth-order valence-corrected chi connectivity index (χ4v) is 3.11. The van der Waals surface area contributed by atoms with Gasteiger partial charge in [-0.25, -0.2) is 13.1 Å². The highest BCUT2D eigenvalue weighted by atomic mass is 79.9. The Kier molecular flexibility index (Phi) is 3.07. The van der Waals surface area contributed by atoms with E-state index in [1.807, 2.05) is 0 Å². The first-order chi connectivity index (χ1) is 6.99. The number of halogens is 2. The molecule has 0 bridgehead atoms. The molecule has 1 aliphatic rings. The molecule has 15 heavy (non-hydrogen) atoms. The van der Waals surface area contributed by atoms with E-state index in [0.717, 1.165) is 12.8 Å². The van der Waals surface area contributed by atoms with Gasteiger partial charge >= 0.3 is 0 Å². The zero-order valence-corrected chi connectivity index (χ0v) is 10.9. The topological polar surface area (TPSA) is 46.2 Å². The molecule has 2 rings (SSSR count). The van der Waals surface area contributed by atoms with Crippen LogP contribution in [0.1, 0.15) is 12.8 Å². The summed E-state index contributed by atoms with van der Waals surface area (Å²) in [6, 6.07) is 4.68. The lowest BCUT2D eigenvalue weighted by atomic mass is 10.4. The third kappa shape index (κ3) is 2.72. The van der Waals surface area contributed by atoms with Gasteiger partial charge in [0.2, 0.25) is 10.0 Å². The van der Waals surface area contributed by atoms with Gasteiger partial charge in [0, 0.05) is 10.5 Å². The standard InChI is InChI=1S/C9H9BrClNO2S/c10-8-5-7(3-4-9(8)11)15(13,14)12-6-1-2-6/h3-6,12H,1-2H2. The summed E-state index contributed by atoms with van der Waals surface area (Å²) in [6.45, 7) is 0. The lowest BCUT2D eigenvalue weighted by molar-refractivity contribution is 0.581. The lowest BCUT2D eigenvalue weighted by Crippen LogP contribution is -2.25. The van der Waals surface area contributed by atoms with Crippen LogP contribution in [-0.4, -0.2) is 14.5 Å². The number of sulfonamides is 1. The smallest absolute Gasteiger partial charge is 0.208 e. The fourth-order valence-electron chi connectivity index (χ4n) is 1.13. The summed E-state index contributed by atoms with van der Waals surface area (Å²) in [5.41, 5.74) is 0. The summed E-state index contributed by atoms with van der Waals surface area (Å²) in [7, 11) is -3.37. The van der Waals surface area contributed by atoms with E-state index >= 15 is 0 Å². The molecule has 1 aromatic carbocycles. The van der Waals surface area contributed by atoms with Crippen LogP contribution in [0.2, 0.25) is 5.02 Å². The minimum atomic E-state index is -3.37. The molecule has 0 atom stereocenters. The number of rotatable bonds is 3. The predicted octanol–water partition coefficient (Wildman–Crippen LogP) is 2.54. The second-order valence-corrected chi connectivity index (χ2v) is 6.45. The highest BCUT2D eigenvalue weighted by Gasteiger charge is 2.28. The third-order valence-electron chi connectivity index (χ3n) is 2.10. The number of nitrogens with one attached hydrogen (secondary N) is 1. The van der Waals surface area contributed by atoms with Gasteiger partial charge in [0.15, 0.2) is 0 Å². The van der Waals surface area contributed by atoms with Crippen molar-refractivity contribution in [1.29, 1.82) is 0 Å². The van der Waals surface area contributed by atoms with Crippen molar-refractivity contribution >= 4 is 37.6 Å². The molecule has 6 heteroatoms. The molecule has 0 heterocycles. The van der Waals surface area contributed by atoms with E-state index in [1.54, 1.807) is 6.07 Å². The molecule has 0 aromatic heterocycles. The average molecular weight is 311 g/mol. The number of hydrogen-bond donors (Lipinski definition) is 1. The fraction of sp³-hybridized carbons (Fsp3) is 0.333. The molecule has 0 radical (unpaired) electrons. The van der Waals surface area contributed by atoms with Crippen LogP contribution in [0.25, 0.3) is 0 Å². The molecule has 0 spiro atoms. The lowest BCUT2D eigenvalue weighted by Gasteiger charge is -2.06. The Morgan fingerprint density at radius 2 is 2.07 bits per heavy atom. The SMILES string of the molecule is O=S(=O)(NC1CC1)c1ccc(Cl)c(Br)c1. The van der Waals surface area contributed by atoms with Crippen molar-refractivity contribution in [2.24, 2.45) is 0 Å². The Morgan fingerprint density at radius 1 is 1.40 bits per heavy atom. The Hall–Kier alpha value is -0.100. The van der Waals surface area contributed by atoms with Crippen LogP contribution in [0.3, 0.4) is 0 Å². The Bertz CT molecular complexity index is 485. The minimum absolute atomic E-state index is 0.115. The summed E-state index contributed by atoms with van der Waals surface area (Å²) in [5, 5.41) is 0.500. The van der Waals surface area contributed by atoms with Gasteiger partial charge in [0.05, 0.1) is 9.92 Å². The Balaban J connectivity index is 2.31. The molecule has 1 aliphatic carbocycles. The van der Waals surface area contributed by atoms with E-state index in [4.69, 9.17) is 11.6 Å². The van der Waals surface area contributed by atoms with Gasteiger partial charge in [-0.2, -0.15) is 0 Å². The van der Waals surface area contributed by atoms with Gasteiger partial charge in [-0.15, -0.1) is 0 Å². The maximum atomic E-state index is 11.8. The maximum Gasteiger partial charge on any atom is 0.240 e. The van der Waals surface area contributed by atoms with Crippen LogP contribution in [0.15, 0.2) is 27.6 Å². The van der Waals surface area contributed by atoms with Gasteiger partial charge in [0.1, 0.15) is 0 Å². The van der Waals surface area contributed by atoms with Crippen LogP contribution in [0, 0.1) is 0 Å². The van der Waals surface area contributed by atoms with Gasteiger partial charge < -0.3 is 0 Å². The summed E-state index contributed by atoms with van der Waals surface area (Å²) < 4.78 is 26.7. The van der Waals surface area contributed by atoms with Crippen LogP contribution in [-0.2, 0) is 10.0 Å². The molecule has 0 unspecified atom stereocenters. The van der Waals surface area contributed by atoms with E-state index in [9.17, 15) is 8.42 Å². The summed E-state index contributed by atoms with van der Waals surface area (Å²) in [5.74, 6) is 0. The Labute approximate surface area is 102 Å². The molecule has 1 saturated carbocycles. The molecule has 0 aliphatic heterocycles. The largest absolute Gasteiger partial charge is 0.240 e. The first-order valence-corrected chi connectivity index (χ1v) is 7.12. The van der Waals surface area contributed by atoms with E-state index in [-0.39, 0.29) is 10.9 Å². The molecular formula is C9H9BrClNO2S. The van der Waals surface area contributed by atoms with Gasteiger partial charge in [-0.05, 0) is 47.0 Å². The molecule has 1 N–H and O–H groups in total. The van der Waals surface area contributed by atoms with E-state index in [2.05, 4.69) is 20.7 Å². The van der Waals surface area contributed by atoms with Crippen molar-refractivity contribution in [2.75, 3.05) is 0 Å². The van der Waals surface area contributed by atoms with Crippen LogP contribution >= 0.6 is 27.5 Å². The highest BCUT2D eigenvalue weighted by Crippen LogP contribution is 2.27. The maximum absolute atomic E-state index is 11.8. The third-order valence-corrected chi connectivity index (χ3v) is 4.83. The summed E-state index contributed by atoms with van der Waals surface area (Å²) >= 11 is 8.98. The average Bonchev–Trinajstić information content (AvgIpc) is 2.92. The van der Waals surface area contributed by atoms with Crippen LogP contribution in [0.4, 0.5) is 0 Å². The number of hydrogen-bond acceptors (Lipinski definition) is 2. The van der Waals surface area contributed by atoms with Crippen molar-refractivity contribution in [2.45, 2.75) is 23.8 Å². The van der Waals surface area contributed by atoms with Gasteiger partial charge in [-0.3, -0.25) is 0 Å². The Morgan fingerprint density at radius 3 is 2.60 bits per heavy atom. The molecule has 0 saturated heterocycles. The first-order valence-electron chi connectivity index (χ1n) is 4.46. The van der Waals surface area contributed by atoms with Crippen LogP contribution < -0.4 is 4.72 Å². The van der Waals surface area contributed by atoms with Crippen molar-refractivity contribution in [3.63, 3.8) is 0 Å². The van der Waals surface area contributed by atoms with E-state index < -0.39 is 10.0 Å². The second kappa shape index (κ2) is 4.05. The normalized spacial score (nSPS) is 16.7. The van der Waals surface area contributed by atoms with Crippen molar-refractivity contribution in [1.82, 2.24) is 4.72 Å². The molecular weight excluding hydrogens is 302 g/mol. The van der Waals surface area contributed by atoms with Crippen molar-refractivity contribution in [3.8, 4) is 0 Å². The van der Waals surface area contributed by atoms with Gasteiger partial charge in [-0.1, -0.05) is 11.6 Å². The monoisotopic (exact) mass is 309 g/mol. The van der Waals surface area contributed by atoms with Crippen molar-refractivity contribution < 1.29 is 8.42 Å². The molecule has 1 aromatic rings. The minimum Gasteiger partial charge on any atom is -0.208 e. The predicted molar refractivity (Wildman–Crippen MR) is 62.5 cm³/mol. The molecule has 3 nitrogen and oxygen atoms in total. The highest BCUT2D eigenvalue weighted by molar-refractivity contribution is 9.10. The molecule has 1 fully saturated rings. The van der Waals surface area contributed by atoms with Gasteiger partial charge in [0.25, 0.3) is 0 Å². The van der Waals surface area contributed by atoms with Crippen LogP contribution in [0.5, 0.6) is 0 Å². The quantitative estimate of drug-likeness (QED) is 0.932. The van der Waals surface area contributed by atoms with Crippen molar-refractivity contribution in [3.05, 3.63) is 27.7 Å². The summed E-state index contributed by atoms with van der Waals surface area (Å²) in [6.07, 6.45) is 1.85. The van der Waals surface area contributed by atoms with E-state index in [1.165, 1.54) is 12.1 Å². The zero-order valence-electron chi connectivity index (χ0n) is 7.70. The number of benzene rings is 1. The van der Waals surface area contributed by atoms with E-state index in [0.29, 0.717) is 9.50 Å². The zero-order chi connectivity index (χ0) is 11.1. The second-order valence-electron chi connectivity index (χ2n) is 3.47. The molecule has 82 valence electrons.